The summed E-state index contributed by atoms with van der Waals surface area (Å²) in [5, 5.41) is 15.2. The van der Waals surface area contributed by atoms with Gasteiger partial charge in [0.15, 0.2) is 23.6 Å². The van der Waals surface area contributed by atoms with Crippen LogP contribution >= 0.6 is 0 Å². The SMILES string of the molecule is Cc1cccc(-c2nc3nc(C=O)nc(NC(CCC(=O)NCCO)C4CCC4)c3n2Cc2ccc(C(F)(F)F)cc2)c1. The normalized spacial score (nSPS) is 14.3. The summed E-state index contributed by atoms with van der Waals surface area (Å²) >= 11 is 0. The van der Waals surface area contributed by atoms with E-state index < -0.39 is 11.7 Å². The van der Waals surface area contributed by atoms with E-state index in [1.54, 1.807) is 0 Å². The van der Waals surface area contributed by atoms with Crippen LogP contribution in [0.5, 0.6) is 0 Å². The maximum Gasteiger partial charge on any atom is 0.416 e. The van der Waals surface area contributed by atoms with E-state index in [2.05, 4.69) is 20.6 Å². The van der Waals surface area contributed by atoms with Crippen LogP contribution in [0.2, 0.25) is 0 Å². The van der Waals surface area contributed by atoms with E-state index in [0.717, 1.165) is 42.5 Å². The number of hydrogen-bond acceptors (Lipinski definition) is 7. The first-order valence-electron chi connectivity index (χ1n) is 14.3. The lowest BCUT2D eigenvalue weighted by atomic mass is 9.78. The number of benzene rings is 2. The number of alkyl halides is 3. The fourth-order valence-electron chi connectivity index (χ4n) is 5.36. The van der Waals surface area contributed by atoms with Crippen LogP contribution in [0.25, 0.3) is 22.6 Å². The summed E-state index contributed by atoms with van der Waals surface area (Å²) in [4.78, 5) is 37.9. The molecule has 1 fully saturated rings. The summed E-state index contributed by atoms with van der Waals surface area (Å²) in [7, 11) is 0. The number of carbonyl (C=O) groups excluding carboxylic acids is 2. The van der Waals surface area contributed by atoms with Crippen molar-refractivity contribution in [2.24, 2.45) is 5.92 Å². The Labute approximate surface area is 246 Å². The van der Waals surface area contributed by atoms with Crippen molar-refractivity contribution in [3.8, 4) is 11.4 Å². The first-order valence-corrected chi connectivity index (χ1v) is 14.3. The van der Waals surface area contributed by atoms with Crippen molar-refractivity contribution in [1.29, 1.82) is 0 Å². The minimum atomic E-state index is -4.45. The van der Waals surface area contributed by atoms with Crippen molar-refractivity contribution in [3.63, 3.8) is 0 Å². The molecule has 1 amide bonds. The molecule has 9 nitrogen and oxygen atoms in total. The molecule has 43 heavy (non-hydrogen) atoms. The number of aryl methyl sites for hydroxylation is 1. The van der Waals surface area contributed by atoms with Gasteiger partial charge in [-0.05, 0) is 55.9 Å². The molecule has 0 bridgehead atoms. The van der Waals surface area contributed by atoms with Crippen molar-refractivity contribution >= 4 is 29.2 Å². The van der Waals surface area contributed by atoms with Gasteiger partial charge < -0.3 is 20.3 Å². The molecule has 1 unspecified atom stereocenters. The fourth-order valence-corrected chi connectivity index (χ4v) is 5.36. The zero-order valence-electron chi connectivity index (χ0n) is 23.7. The standard InChI is InChI=1S/C31H33F3N6O3/c1-19-4-2-7-22(16-19)30-39-29-27(40(30)17-20-8-10-23(11-9-20)31(32,33)34)28(37-25(18-42)38-29)36-24(21-5-3-6-21)12-13-26(43)35-14-15-41/h2,4,7-11,16,18,21,24,41H,3,5-6,12-15,17H2,1H3,(H,35,43)(H,36,37,38). The van der Waals surface area contributed by atoms with Crippen molar-refractivity contribution in [2.45, 2.75) is 57.8 Å². The lowest BCUT2D eigenvalue weighted by Gasteiger charge is -2.34. The summed E-state index contributed by atoms with van der Waals surface area (Å²) in [6.45, 7) is 2.16. The third kappa shape index (κ3) is 7.02. The minimum Gasteiger partial charge on any atom is -0.395 e. The molecule has 12 heteroatoms. The Morgan fingerprint density at radius 2 is 1.91 bits per heavy atom. The number of halogens is 3. The topological polar surface area (TPSA) is 122 Å². The van der Waals surface area contributed by atoms with Gasteiger partial charge in [0.1, 0.15) is 11.3 Å². The summed E-state index contributed by atoms with van der Waals surface area (Å²) in [6.07, 6.45) is -0.138. The van der Waals surface area contributed by atoms with Gasteiger partial charge in [0.05, 0.1) is 12.2 Å². The third-order valence-corrected chi connectivity index (χ3v) is 7.78. The highest BCUT2D eigenvalue weighted by molar-refractivity contribution is 5.89. The number of nitrogens with zero attached hydrogens (tertiary/aromatic N) is 4. The second-order valence-electron chi connectivity index (χ2n) is 10.9. The molecule has 1 aliphatic carbocycles. The van der Waals surface area contributed by atoms with E-state index in [4.69, 9.17) is 10.1 Å². The van der Waals surface area contributed by atoms with Crippen LogP contribution in [0, 0.1) is 12.8 Å². The number of aliphatic hydroxyl groups is 1. The second kappa shape index (κ2) is 12.9. The maximum atomic E-state index is 13.2. The van der Waals surface area contributed by atoms with Crippen LogP contribution in [0.4, 0.5) is 19.0 Å². The van der Waals surface area contributed by atoms with E-state index in [0.29, 0.717) is 35.4 Å². The predicted molar refractivity (Wildman–Crippen MR) is 156 cm³/mol. The number of aliphatic hydroxyl groups excluding tert-OH is 1. The molecule has 1 aliphatic rings. The predicted octanol–water partition coefficient (Wildman–Crippen LogP) is 5.15. The van der Waals surface area contributed by atoms with Gasteiger partial charge in [-0.1, -0.05) is 42.3 Å². The first-order chi connectivity index (χ1) is 20.7. The fraction of sp³-hybridized carbons (Fsp3) is 0.387. The molecular formula is C31H33F3N6O3. The van der Waals surface area contributed by atoms with E-state index >= 15 is 0 Å². The number of carbonyl (C=O) groups is 2. The van der Waals surface area contributed by atoms with Crippen LogP contribution in [-0.4, -0.2) is 56.0 Å². The van der Waals surface area contributed by atoms with Crippen molar-refractivity contribution in [1.82, 2.24) is 24.8 Å². The molecular weight excluding hydrogens is 561 g/mol. The van der Waals surface area contributed by atoms with Gasteiger partial charge in [0.2, 0.25) is 5.91 Å². The molecule has 2 heterocycles. The molecule has 0 radical (unpaired) electrons. The Bertz CT molecular complexity index is 1600. The average molecular weight is 595 g/mol. The van der Waals surface area contributed by atoms with E-state index in [9.17, 15) is 22.8 Å². The Hall–Kier alpha value is -4.32. The first kappa shape index (κ1) is 30.1. The van der Waals surface area contributed by atoms with E-state index in [1.807, 2.05) is 35.8 Å². The zero-order valence-corrected chi connectivity index (χ0v) is 23.7. The smallest absolute Gasteiger partial charge is 0.395 e. The lowest BCUT2D eigenvalue weighted by molar-refractivity contribution is -0.137. The van der Waals surface area contributed by atoms with Gasteiger partial charge in [-0.3, -0.25) is 9.59 Å². The highest BCUT2D eigenvalue weighted by Gasteiger charge is 2.31. The molecule has 226 valence electrons. The number of imidazole rings is 1. The van der Waals surface area contributed by atoms with Gasteiger partial charge in [0, 0.05) is 31.1 Å². The van der Waals surface area contributed by atoms with Gasteiger partial charge >= 0.3 is 6.18 Å². The summed E-state index contributed by atoms with van der Waals surface area (Å²) in [5.74, 6) is 0.965. The molecule has 5 rings (SSSR count). The number of aromatic nitrogens is 4. The Morgan fingerprint density at radius 3 is 2.53 bits per heavy atom. The molecule has 0 saturated heterocycles. The molecule has 2 aromatic heterocycles. The number of fused-ring (bicyclic) bond motifs is 1. The number of nitrogens with one attached hydrogen (secondary N) is 2. The molecule has 1 atom stereocenters. The number of aldehydes is 1. The Balaban J connectivity index is 1.59. The number of anilines is 1. The number of rotatable bonds is 12. The molecule has 2 aromatic carbocycles. The monoisotopic (exact) mass is 594 g/mol. The Morgan fingerprint density at radius 1 is 1.14 bits per heavy atom. The second-order valence-corrected chi connectivity index (χ2v) is 10.9. The Kier molecular flexibility index (Phi) is 9.05. The van der Waals surface area contributed by atoms with Crippen LogP contribution in [0.1, 0.15) is 59.4 Å². The maximum absolute atomic E-state index is 13.2. The molecule has 0 aliphatic heterocycles. The summed E-state index contributed by atoms with van der Waals surface area (Å²) in [6, 6.07) is 12.5. The van der Waals surface area contributed by atoms with Crippen molar-refractivity contribution in [3.05, 3.63) is 71.0 Å². The molecule has 1 saturated carbocycles. The van der Waals surface area contributed by atoms with Crippen LogP contribution in [0.15, 0.2) is 48.5 Å². The molecule has 0 spiro atoms. The third-order valence-electron chi connectivity index (χ3n) is 7.78. The van der Waals surface area contributed by atoms with Crippen molar-refractivity contribution in [2.75, 3.05) is 18.5 Å². The van der Waals surface area contributed by atoms with E-state index in [1.165, 1.54) is 12.1 Å². The van der Waals surface area contributed by atoms with Crippen LogP contribution in [-0.2, 0) is 17.5 Å². The highest BCUT2D eigenvalue weighted by atomic mass is 19.4. The van der Waals surface area contributed by atoms with Gasteiger partial charge in [-0.15, -0.1) is 0 Å². The van der Waals surface area contributed by atoms with E-state index in [-0.39, 0.29) is 55.5 Å². The molecule has 4 aromatic rings. The number of amides is 1. The molecule has 3 N–H and O–H groups in total. The largest absolute Gasteiger partial charge is 0.416 e. The summed E-state index contributed by atoms with van der Waals surface area (Å²) < 4.78 is 41.6. The van der Waals surface area contributed by atoms with Crippen molar-refractivity contribution < 1.29 is 27.9 Å². The van der Waals surface area contributed by atoms with Gasteiger partial charge in [-0.25, -0.2) is 15.0 Å². The highest BCUT2D eigenvalue weighted by Crippen LogP contribution is 2.36. The number of hydrogen-bond donors (Lipinski definition) is 3. The lowest BCUT2D eigenvalue weighted by Crippen LogP contribution is -2.36. The average Bonchev–Trinajstić information content (AvgIpc) is 3.31. The van der Waals surface area contributed by atoms with Crippen LogP contribution < -0.4 is 10.6 Å². The summed E-state index contributed by atoms with van der Waals surface area (Å²) in [5.41, 5.74) is 2.43. The minimum absolute atomic E-state index is 0.0574. The quantitative estimate of drug-likeness (QED) is 0.194. The van der Waals surface area contributed by atoms with Crippen LogP contribution in [0.3, 0.4) is 0 Å². The van der Waals surface area contributed by atoms with Gasteiger partial charge in [0.25, 0.3) is 0 Å². The zero-order chi connectivity index (χ0) is 30.6. The van der Waals surface area contributed by atoms with Gasteiger partial charge in [-0.2, -0.15) is 13.2 Å².